The van der Waals surface area contributed by atoms with Crippen molar-refractivity contribution in [2.45, 2.75) is 179 Å². The fourth-order valence-electron chi connectivity index (χ4n) is 5.62. The molecule has 1 aliphatic rings. The van der Waals surface area contributed by atoms with Crippen LogP contribution in [0.25, 0.3) is 0 Å². The van der Waals surface area contributed by atoms with Crippen LogP contribution in [-0.4, -0.2) is 87.5 Å². The van der Waals surface area contributed by atoms with Crippen LogP contribution in [0.2, 0.25) is 0 Å². The van der Waals surface area contributed by atoms with Crippen molar-refractivity contribution in [3.63, 3.8) is 0 Å². The first kappa shape index (κ1) is 44.2. The lowest BCUT2D eigenvalue weighted by Gasteiger charge is -2.40. The second-order valence-corrected chi connectivity index (χ2v) is 13.0. The predicted molar refractivity (Wildman–Crippen MR) is 193 cm³/mol. The molecule has 1 amide bonds. The zero-order chi connectivity index (χ0) is 35.2. The maximum atomic E-state index is 12.8. The van der Waals surface area contributed by atoms with Crippen molar-refractivity contribution in [3.05, 3.63) is 48.6 Å². The van der Waals surface area contributed by atoms with Crippen LogP contribution in [0.15, 0.2) is 48.6 Å². The Morgan fingerprint density at radius 2 is 1.29 bits per heavy atom. The third-order valence-electron chi connectivity index (χ3n) is 8.70. The number of ether oxygens (including phenoxy) is 2. The minimum atomic E-state index is -1.56. The first-order valence-corrected chi connectivity index (χ1v) is 18.8. The van der Waals surface area contributed by atoms with E-state index in [4.69, 9.17) is 9.47 Å². The molecule has 0 spiro atoms. The average Bonchev–Trinajstić information content (AvgIpc) is 3.08. The van der Waals surface area contributed by atoms with Gasteiger partial charge in [0.25, 0.3) is 0 Å². The Morgan fingerprint density at radius 3 is 1.88 bits per heavy atom. The summed E-state index contributed by atoms with van der Waals surface area (Å²) < 4.78 is 11.2. The molecule has 0 aromatic rings. The van der Waals surface area contributed by atoms with Crippen LogP contribution >= 0.6 is 0 Å². The van der Waals surface area contributed by atoms with E-state index < -0.39 is 49.5 Å². The molecule has 48 heavy (non-hydrogen) atoms. The number of rotatable bonds is 29. The van der Waals surface area contributed by atoms with Gasteiger partial charge in [0, 0.05) is 6.42 Å². The van der Waals surface area contributed by atoms with Gasteiger partial charge in [0.1, 0.15) is 24.4 Å². The first-order chi connectivity index (χ1) is 23.3. The molecule has 0 aromatic heterocycles. The second-order valence-electron chi connectivity index (χ2n) is 13.0. The Kier molecular flexibility index (Phi) is 27.6. The van der Waals surface area contributed by atoms with Crippen LogP contribution in [0.3, 0.4) is 0 Å². The van der Waals surface area contributed by atoms with E-state index in [2.05, 4.69) is 67.8 Å². The van der Waals surface area contributed by atoms with Crippen LogP contribution in [-0.2, 0) is 14.3 Å². The minimum Gasteiger partial charge on any atom is -0.394 e. The molecule has 0 aliphatic carbocycles. The number of unbranched alkanes of at least 4 members (excludes halogenated alkanes) is 11. The highest BCUT2D eigenvalue weighted by Gasteiger charge is 2.44. The van der Waals surface area contributed by atoms with Crippen LogP contribution in [0.5, 0.6) is 0 Å². The molecular weight excluding hydrogens is 610 g/mol. The Morgan fingerprint density at radius 1 is 0.729 bits per heavy atom. The summed E-state index contributed by atoms with van der Waals surface area (Å²) in [6, 6.07) is -0.738. The molecule has 1 rings (SSSR count). The van der Waals surface area contributed by atoms with E-state index in [1.165, 1.54) is 44.9 Å². The summed E-state index contributed by atoms with van der Waals surface area (Å²) >= 11 is 0. The van der Waals surface area contributed by atoms with E-state index in [1.807, 2.05) is 0 Å². The van der Waals surface area contributed by atoms with Gasteiger partial charge in [-0.05, 0) is 51.4 Å². The number of allylic oxidation sites excluding steroid dienone is 8. The molecule has 0 saturated carbocycles. The molecule has 0 radical (unpaired) electrons. The summed E-state index contributed by atoms with van der Waals surface area (Å²) in [5.74, 6) is -0.190. The Hall–Kier alpha value is -1.85. The average molecular weight is 680 g/mol. The maximum absolute atomic E-state index is 12.8. The lowest BCUT2D eigenvalue weighted by Crippen LogP contribution is -2.60. The second kappa shape index (κ2) is 30.0. The number of aliphatic hydroxyl groups is 5. The lowest BCUT2D eigenvalue weighted by atomic mass is 9.99. The number of hydrogen-bond donors (Lipinski definition) is 6. The zero-order valence-corrected chi connectivity index (χ0v) is 30.0. The van der Waals surface area contributed by atoms with Crippen LogP contribution in [0, 0.1) is 0 Å². The molecule has 0 aromatic carbocycles. The van der Waals surface area contributed by atoms with Gasteiger partial charge < -0.3 is 40.3 Å². The summed E-state index contributed by atoms with van der Waals surface area (Å²) in [5.41, 5.74) is 0. The van der Waals surface area contributed by atoms with E-state index in [-0.39, 0.29) is 12.5 Å². The highest BCUT2D eigenvalue weighted by atomic mass is 16.7. The number of carbonyl (C=O) groups is 1. The highest BCUT2D eigenvalue weighted by molar-refractivity contribution is 5.76. The molecule has 7 unspecified atom stereocenters. The van der Waals surface area contributed by atoms with Crippen LogP contribution in [0.4, 0.5) is 0 Å². The Balaban J connectivity index is 2.47. The molecule has 1 saturated heterocycles. The first-order valence-electron chi connectivity index (χ1n) is 18.8. The number of carbonyl (C=O) groups excluding carboxylic acids is 1. The van der Waals surface area contributed by atoms with Gasteiger partial charge >= 0.3 is 0 Å². The van der Waals surface area contributed by atoms with Crippen molar-refractivity contribution in [1.82, 2.24) is 5.32 Å². The largest absolute Gasteiger partial charge is 0.394 e. The van der Waals surface area contributed by atoms with E-state index in [9.17, 15) is 30.3 Å². The number of hydrogen-bond acceptors (Lipinski definition) is 8. The zero-order valence-electron chi connectivity index (χ0n) is 30.0. The van der Waals surface area contributed by atoms with Gasteiger partial charge in [-0.25, -0.2) is 0 Å². The van der Waals surface area contributed by atoms with Gasteiger partial charge in [-0.2, -0.15) is 0 Å². The minimum absolute atomic E-state index is 0.157. The molecule has 6 N–H and O–H groups in total. The number of amides is 1. The fourth-order valence-corrected chi connectivity index (χ4v) is 5.62. The van der Waals surface area contributed by atoms with Gasteiger partial charge in [-0.1, -0.05) is 127 Å². The molecule has 1 heterocycles. The molecule has 278 valence electrons. The SMILES string of the molecule is CC/C=C\C/C=C\C/C=C\C/C=C\CCCCC(=O)NC(COC1OC(CO)C(O)C(O)C1O)C(O)CCCCCCCCCCCC. The summed E-state index contributed by atoms with van der Waals surface area (Å²) in [6.45, 7) is 3.64. The molecule has 1 aliphatic heterocycles. The van der Waals surface area contributed by atoms with Crippen molar-refractivity contribution >= 4 is 5.91 Å². The Bertz CT molecular complexity index is 889. The standard InChI is InChI=1S/C39H69NO8/c1-3-5-7-9-11-13-15-16-17-18-19-21-23-25-27-29-35(43)40-32(31-47-39-38(46)37(45)36(44)34(30-41)48-39)33(42)28-26-24-22-20-14-12-10-8-6-4-2/h5,7,11,13,16-17,19,21,32-34,36-39,41-42,44-46H,3-4,6,8-10,12,14-15,18,20,22-31H2,1-2H3,(H,40,43)/b7-5-,13-11-,17-16-,21-19-. The van der Waals surface area contributed by atoms with Gasteiger partial charge in [-0.15, -0.1) is 0 Å². The predicted octanol–water partition coefficient (Wildman–Crippen LogP) is 6.33. The molecule has 9 nitrogen and oxygen atoms in total. The topological polar surface area (TPSA) is 149 Å². The van der Waals surface area contributed by atoms with Crippen LogP contribution < -0.4 is 5.32 Å². The number of aliphatic hydroxyl groups excluding tert-OH is 5. The van der Waals surface area contributed by atoms with Gasteiger partial charge in [-0.3, -0.25) is 4.79 Å². The summed E-state index contributed by atoms with van der Waals surface area (Å²) in [7, 11) is 0. The Labute approximate surface area is 291 Å². The number of nitrogens with one attached hydrogen (secondary N) is 1. The van der Waals surface area contributed by atoms with Crippen molar-refractivity contribution in [2.75, 3.05) is 13.2 Å². The smallest absolute Gasteiger partial charge is 0.220 e. The van der Waals surface area contributed by atoms with Crippen molar-refractivity contribution in [3.8, 4) is 0 Å². The van der Waals surface area contributed by atoms with Gasteiger partial charge in [0.05, 0.1) is 25.4 Å². The van der Waals surface area contributed by atoms with E-state index in [1.54, 1.807) is 0 Å². The molecule has 7 atom stereocenters. The third-order valence-corrected chi connectivity index (χ3v) is 8.70. The van der Waals surface area contributed by atoms with Crippen molar-refractivity contribution in [2.24, 2.45) is 0 Å². The molecule has 0 bridgehead atoms. The fraction of sp³-hybridized carbons (Fsp3) is 0.769. The van der Waals surface area contributed by atoms with E-state index in [0.717, 1.165) is 57.8 Å². The highest BCUT2D eigenvalue weighted by Crippen LogP contribution is 2.23. The summed E-state index contributed by atoms with van der Waals surface area (Å²) in [6.07, 6.45) is 28.4. The van der Waals surface area contributed by atoms with Gasteiger partial charge in [0.15, 0.2) is 6.29 Å². The maximum Gasteiger partial charge on any atom is 0.220 e. The summed E-state index contributed by atoms with van der Waals surface area (Å²) in [5, 5.41) is 53.9. The van der Waals surface area contributed by atoms with Crippen molar-refractivity contribution in [1.29, 1.82) is 0 Å². The third kappa shape index (κ3) is 21.3. The van der Waals surface area contributed by atoms with E-state index in [0.29, 0.717) is 19.3 Å². The van der Waals surface area contributed by atoms with Crippen LogP contribution in [0.1, 0.15) is 136 Å². The quantitative estimate of drug-likeness (QED) is 0.0397. The molecule has 9 heteroatoms. The monoisotopic (exact) mass is 680 g/mol. The van der Waals surface area contributed by atoms with E-state index >= 15 is 0 Å². The summed E-state index contributed by atoms with van der Waals surface area (Å²) in [4.78, 5) is 12.8. The van der Waals surface area contributed by atoms with Crippen molar-refractivity contribution < 1.29 is 39.8 Å². The van der Waals surface area contributed by atoms with Gasteiger partial charge in [0.2, 0.25) is 5.91 Å². The molecule has 1 fully saturated rings. The normalized spacial score (nSPS) is 23.2. The molecular formula is C39H69NO8. The lowest BCUT2D eigenvalue weighted by molar-refractivity contribution is -0.302.